The molecule has 0 rings (SSSR count). The van der Waals surface area contributed by atoms with Crippen molar-refractivity contribution in [2.24, 2.45) is 16.1 Å². The standard InChI is InChI=1S/CH4N4.Cu.H2N/c2-4-1-5-3;;/h1-2H,3H2;;1H2/q;+1;-1. The topological polar surface area (TPSA) is 108 Å². The molecular formula is CH6CuN5. The molecule has 0 aromatic rings. The SMILES string of the molecule is N=NC=NN.[Cu+].[NH2-]. The number of rotatable bonds is 1. The van der Waals surface area contributed by atoms with Crippen LogP contribution in [0.15, 0.2) is 10.2 Å². The molecule has 6 heteroatoms. The van der Waals surface area contributed by atoms with Crippen LogP contribution < -0.4 is 5.84 Å². The van der Waals surface area contributed by atoms with Gasteiger partial charge in [0.1, 0.15) is 0 Å². The monoisotopic (exact) mass is 151 g/mol. The van der Waals surface area contributed by atoms with Gasteiger partial charge in [-0.2, -0.15) is 5.10 Å². The maximum atomic E-state index is 6.00. The van der Waals surface area contributed by atoms with Crippen molar-refractivity contribution in [1.82, 2.24) is 0 Å². The Bertz CT molecular complexity index is 50.0. The first-order chi connectivity index (χ1) is 2.41. The van der Waals surface area contributed by atoms with Crippen LogP contribution in [0.5, 0.6) is 0 Å². The summed E-state index contributed by atoms with van der Waals surface area (Å²) in [6.07, 6.45) is 0.944. The molecule has 46 valence electrons. The molecule has 0 saturated carbocycles. The Labute approximate surface area is 51.9 Å². The molecule has 0 amide bonds. The van der Waals surface area contributed by atoms with Gasteiger partial charge in [-0.25, -0.2) is 5.53 Å². The maximum Gasteiger partial charge on any atom is 1.00 e. The number of hydrogen-bond donors (Lipinski definition) is 2. The molecule has 0 radical (unpaired) electrons. The first kappa shape index (κ1) is 16.0. The van der Waals surface area contributed by atoms with Gasteiger partial charge >= 0.3 is 17.1 Å². The number of hydrazone groups is 1. The Morgan fingerprint density at radius 2 is 2.00 bits per heavy atom. The predicted octanol–water partition coefficient (Wildman–Crippen LogP) is 0.634. The van der Waals surface area contributed by atoms with Crippen LogP contribution in [0.1, 0.15) is 0 Å². The fourth-order valence-electron chi connectivity index (χ4n) is 0.0333. The summed E-state index contributed by atoms with van der Waals surface area (Å²) in [6, 6.07) is 0. The van der Waals surface area contributed by atoms with E-state index in [0.29, 0.717) is 0 Å². The molecule has 0 aliphatic carbocycles. The summed E-state index contributed by atoms with van der Waals surface area (Å²) in [4.78, 5) is 0. The number of nitrogens with two attached hydrogens (primary N) is 2. The summed E-state index contributed by atoms with van der Waals surface area (Å²) in [5, 5.41) is 5.56. The van der Waals surface area contributed by atoms with E-state index in [4.69, 9.17) is 5.53 Å². The van der Waals surface area contributed by atoms with E-state index < -0.39 is 0 Å². The molecule has 0 fully saturated rings. The minimum atomic E-state index is 0. The molecule has 5 N–H and O–H groups in total. The average molecular weight is 152 g/mol. The van der Waals surface area contributed by atoms with Crippen molar-refractivity contribution in [3.8, 4) is 0 Å². The Kier molecular flexibility index (Phi) is 40.4. The summed E-state index contributed by atoms with van der Waals surface area (Å²) < 4.78 is 0. The van der Waals surface area contributed by atoms with Crippen molar-refractivity contribution in [2.75, 3.05) is 0 Å². The van der Waals surface area contributed by atoms with Crippen molar-refractivity contribution in [2.45, 2.75) is 0 Å². The zero-order chi connectivity index (χ0) is 4.12. The van der Waals surface area contributed by atoms with Crippen LogP contribution in [0.2, 0.25) is 0 Å². The largest absolute Gasteiger partial charge is 1.00 e. The van der Waals surface area contributed by atoms with Crippen molar-refractivity contribution >= 4 is 6.34 Å². The van der Waals surface area contributed by atoms with E-state index in [2.05, 4.69) is 16.1 Å². The second-order valence-electron chi connectivity index (χ2n) is 0.394. The molecule has 0 atom stereocenters. The molecule has 0 heterocycles. The van der Waals surface area contributed by atoms with Gasteiger partial charge in [-0.1, -0.05) is 0 Å². The van der Waals surface area contributed by atoms with Gasteiger partial charge in [0, 0.05) is 0 Å². The van der Waals surface area contributed by atoms with Crippen LogP contribution in [0.25, 0.3) is 6.15 Å². The molecule has 0 aromatic carbocycles. The average Bonchev–Trinajstić information content (AvgIpc) is 1.41. The van der Waals surface area contributed by atoms with Gasteiger partial charge in [0.15, 0.2) is 6.34 Å². The van der Waals surface area contributed by atoms with Crippen LogP contribution in [0.4, 0.5) is 0 Å². The molecule has 0 spiro atoms. The van der Waals surface area contributed by atoms with Gasteiger partial charge in [-0.3, -0.25) is 0 Å². The summed E-state index contributed by atoms with van der Waals surface area (Å²) in [5.41, 5.74) is 6.00. The van der Waals surface area contributed by atoms with Gasteiger partial charge in [0.05, 0.1) is 0 Å². The second kappa shape index (κ2) is 17.7. The fraction of sp³-hybridized carbons (Fsp3) is 0. The molecule has 5 nitrogen and oxygen atoms in total. The normalized spacial score (nSPS) is 6.29. The third kappa shape index (κ3) is 29.1. The molecule has 0 unspecified atom stereocenters. The minimum absolute atomic E-state index is 0. The van der Waals surface area contributed by atoms with E-state index in [9.17, 15) is 0 Å². The van der Waals surface area contributed by atoms with Gasteiger partial charge < -0.3 is 12.0 Å². The third-order valence-electron chi connectivity index (χ3n) is 0.124. The second-order valence-corrected chi connectivity index (χ2v) is 0.394. The number of nitrogens with one attached hydrogen (secondary N) is 1. The molecule has 0 saturated heterocycles. The van der Waals surface area contributed by atoms with E-state index in [1.165, 1.54) is 0 Å². The Balaban J connectivity index is -0.0000000800. The van der Waals surface area contributed by atoms with Gasteiger partial charge in [0.2, 0.25) is 0 Å². The van der Waals surface area contributed by atoms with E-state index in [1.807, 2.05) is 0 Å². The van der Waals surface area contributed by atoms with Crippen LogP contribution >= 0.6 is 0 Å². The Hall–Kier alpha value is -0.451. The van der Waals surface area contributed by atoms with Gasteiger partial charge in [-0.15, -0.1) is 5.11 Å². The van der Waals surface area contributed by atoms with E-state index in [0.717, 1.165) is 6.34 Å². The minimum Gasteiger partial charge on any atom is -0.693 e. The fourth-order valence-corrected chi connectivity index (χ4v) is 0.0333. The van der Waals surface area contributed by atoms with E-state index in [1.54, 1.807) is 0 Å². The van der Waals surface area contributed by atoms with Gasteiger partial charge in [-0.05, 0) is 0 Å². The third-order valence-corrected chi connectivity index (χ3v) is 0.124. The Morgan fingerprint density at radius 3 is 2.00 bits per heavy atom. The molecule has 0 aromatic heterocycles. The number of hydrogen-bond acceptors (Lipinski definition) is 3. The summed E-state index contributed by atoms with van der Waals surface area (Å²) >= 11 is 0. The zero-order valence-electron chi connectivity index (χ0n) is 3.43. The molecule has 7 heavy (non-hydrogen) atoms. The first-order valence-electron chi connectivity index (χ1n) is 0.998. The first-order valence-corrected chi connectivity index (χ1v) is 0.998. The molecular weight excluding hydrogens is 146 g/mol. The van der Waals surface area contributed by atoms with E-state index >= 15 is 0 Å². The smallest absolute Gasteiger partial charge is 0.693 e. The zero-order valence-corrected chi connectivity index (χ0v) is 4.37. The van der Waals surface area contributed by atoms with Crippen LogP contribution in [0, 0.1) is 5.53 Å². The summed E-state index contributed by atoms with van der Waals surface area (Å²) in [7, 11) is 0. The van der Waals surface area contributed by atoms with Crippen molar-refractivity contribution in [1.29, 1.82) is 5.53 Å². The van der Waals surface area contributed by atoms with E-state index in [-0.39, 0.29) is 23.2 Å². The maximum absolute atomic E-state index is 6.00. The van der Waals surface area contributed by atoms with Gasteiger partial charge in [0.25, 0.3) is 0 Å². The molecule has 0 aliphatic rings. The summed E-state index contributed by atoms with van der Waals surface area (Å²) in [6.45, 7) is 0. The van der Waals surface area contributed by atoms with Crippen LogP contribution in [0.3, 0.4) is 0 Å². The van der Waals surface area contributed by atoms with Crippen molar-refractivity contribution in [3.05, 3.63) is 6.15 Å². The molecule has 0 aliphatic heterocycles. The van der Waals surface area contributed by atoms with Crippen LogP contribution in [-0.2, 0) is 17.1 Å². The molecule has 0 bridgehead atoms. The predicted molar refractivity (Wildman–Crippen MR) is 23.1 cm³/mol. The Morgan fingerprint density at radius 1 is 1.57 bits per heavy atom. The van der Waals surface area contributed by atoms with Crippen molar-refractivity contribution < 1.29 is 17.1 Å². The number of nitrogens with zero attached hydrogens (tertiary/aromatic N) is 2. The summed E-state index contributed by atoms with van der Waals surface area (Å²) in [5.74, 6) is 4.49. The quantitative estimate of drug-likeness (QED) is 0.141. The van der Waals surface area contributed by atoms with Crippen LogP contribution in [-0.4, -0.2) is 6.34 Å². The van der Waals surface area contributed by atoms with Crippen molar-refractivity contribution in [3.63, 3.8) is 0 Å².